The molecular weight excluding hydrogens is 263 g/mol. The lowest BCUT2D eigenvalue weighted by atomic mass is 10.3. The number of rotatable bonds is 12. The van der Waals surface area contributed by atoms with Crippen LogP contribution in [0.15, 0.2) is 0 Å². The van der Waals surface area contributed by atoms with Crippen LogP contribution in [0.2, 0.25) is 0 Å². The number of hydrogen-bond acceptors (Lipinski definition) is 3. The van der Waals surface area contributed by atoms with Gasteiger partial charge in [-0.2, -0.15) is 0 Å². The van der Waals surface area contributed by atoms with E-state index in [0.29, 0.717) is 26.4 Å². The van der Waals surface area contributed by atoms with Crippen LogP contribution in [0.25, 0.3) is 0 Å². The summed E-state index contributed by atoms with van der Waals surface area (Å²) in [4.78, 5) is 0. The Morgan fingerprint density at radius 1 is 0.765 bits per heavy atom. The molecular formula is C12H24Cl2O3. The van der Waals surface area contributed by atoms with Gasteiger partial charge >= 0.3 is 0 Å². The van der Waals surface area contributed by atoms with E-state index in [2.05, 4.69) is 0 Å². The second kappa shape index (κ2) is 12.9. The summed E-state index contributed by atoms with van der Waals surface area (Å²) in [6.45, 7) is 7.80. The van der Waals surface area contributed by atoms with Crippen LogP contribution in [0, 0.1) is 0 Å². The molecule has 0 radical (unpaired) electrons. The largest absolute Gasteiger partial charge is 0.382 e. The van der Waals surface area contributed by atoms with Gasteiger partial charge in [-0.1, -0.05) is 0 Å². The van der Waals surface area contributed by atoms with Gasteiger partial charge in [-0.15, -0.1) is 23.2 Å². The Balaban J connectivity index is 3.29. The van der Waals surface area contributed by atoms with E-state index in [1.54, 1.807) is 0 Å². The molecule has 0 fully saturated rings. The van der Waals surface area contributed by atoms with Crippen LogP contribution in [-0.4, -0.2) is 50.4 Å². The average molecular weight is 287 g/mol. The van der Waals surface area contributed by atoms with Crippen LogP contribution in [-0.2, 0) is 14.2 Å². The quantitative estimate of drug-likeness (QED) is 0.408. The van der Waals surface area contributed by atoms with Gasteiger partial charge in [0.15, 0.2) is 0 Å². The van der Waals surface area contributed by atoms with E-state index in [-0.39, 0.29) is 10.8 Å². The van der Waals surface area contributed by atoms with Gasteiger partial charge in [0.05, 0.1) is 24.0 Å². The van der Waals surface area contributed by atoms with Crippen molar-refractivity contribution >= 4 is 23.2 Å². The van der Waals surface area contributed by atoms with Crippen molar-refractivity contribution in [3.63, 3.8) is 0 Å². The zero-order valence-electron chi connectivity index (χ0n) is 10.8. The molecule has 0 aliphatic rings. The van der Waals surface area contributed by atoms with Crippen molar-refractivity contribution in [2.75, 3.05) is 39.6 Å². The highest BCUT2D eigenvalue weighted by atomic mass is 35.5. The molecule has 2 unspecified atom stereocenters. The molecule has 0 heterocycles. The van der Waals surface area contributed by atoms with E-state index in [1.807, 2.05) is 13.8 Å². The molecule has 0 bridgehead atoms. The summed E-state index contributed by atoms with van der Waals surface area (Å²) in [6.07, 6.45) is 1.61. The van der Waals surface area contributed by atoms with Gasteiger partial charge in [-0.05, 0) is 26.7 Å². The Morgan fingerprint density at radius 3 is 1.53 bits per heavy atom. The van der Waals surface area contributed by atoms with E-state index in [1.165, 1.54) is 0 Å². The lowest BCUT2D eigenvalue weighted by molar-refractivity contribution is 0.0992. The summed E-state index contributed by atoms with van der Waals surface area (Å²) < 4.78 is 15.9. The maximum Gasteiger partial charge on any atom is 0.0631 e. The summed E-state index contributed by atoms with van der Waals surface area (Å²) in [7, 11) is 0. The van der Waals surface area contributed by atoms with Gasteiger partial charge in [-0.25, -0.2) is 0 Å². The fourth-order valence-electron chi connectivity index (χ4n) is 1.20. The minimum atomic E-state index is -0.00249. The summed E-state index contributed by atoms with van der Waals surface area (Å²) in [5.74, 6) is 0. The molecule has 0 aliphatic carbocycles. The smallest absolute Gasteiger partial charge is 0.0631 e. The van der Waals surface area contributed by atoms with Crippen LogP contribution in [0.1, 0.15) is 26.7 Å². The minimum Gasteiger partial charge on any atom is -0.382 e. The van der Waals surface area contributed by atoms with Gasteiger partial charge in [0.25, 0.3) is 0 Å². The van der Waals surface area contributed by atoms with Crippen LogP contribution < -0.4 is 0 Å². The molecule has 2 atom stereocenters. The van der Waals surface area contributed by atoms with Gasteiger partial charge in [0.2, 0.25) is 0 Å². The first-order valence-corrected chi connectivity index (χ1v) is 7.09. The van der Waals surface area contributed by atoms with Crippen molar-refractivity contribution in [2.24, 2.45) is 0 Å². The number of halogens is 2. The van der Waals surface area contributed by atoms with Crippen LogP contribution in [0.4, 0.5) is 0 Å². The molecule has 104 valence electrons. The van der Waals surface area contributed by atoms with Gasteiger partial charge in [-0.3, -0.25) is 0 Å². The minimum absolute atomic E-state index is 0.00249. The summed E-state index contributed by atoms with van der Waals surface area (Å²) in [6, 6.07) is 0. The molecule has 0 aliphatic heterocycles. The average Bonchev–Trinajstić information content (AvgIpc) is 2.30. The third-order valence-electron chi connectivity index (χ3n) is 2.16. The molecule has 0 aromatic heterocycles. The fraction of sp³-hybridized carbons (Fsp3) is 1.00. The number of hydrogen-bond donors (Lipinski definition) is 0. The van der Waals surface area contributed by atoms with Gasteiger partial charge in [0.1, 0.15) is 0 Å². The normalized spacial score (nSPS) is 14.8. The third kappa shape index (κ3) is 12.7. The lowest BCUT2D eigenvalue weighted by Gasteiger charge is -2.13. The highest BCUT2D eigenvalue weighted by Gasteiger charge is 2.08. The molecule has 0 spiro atoms. The second-order valence-electron chi connectivity index (χ2n) is 3.70. The Bertz CT molecular complexity index is 143. The standard InChI is InChI=1S/C12H24Cl2O3/c1-3-15-7-5-11(13)9-17-10-12(14)6-8-16-4-2/h11-12H,3-10H2,1-2H3. The number of alkyl halides is 2. The Hall–Kier alpha value is 0.460. The molecule has 5 heteroatoms. The summed E-state index contributed by atoms with van der Waals surface area (Å²) in [5, 5.41) is -0.00498. The third-order valence-corrected chi connectivity index (χ3v) is 2.84. The maximum absolute atomic E-state index is 6.05. The van der Waals surface area contributed by atoms with Crippen LogP contribution >= 0.6 is 23.2 Å². The van der Waals surface area contributed by atoms with Crippen LogP contribution in [0.3, 0.4) is 0 Å². The van der Waals surface area contributed by atoms with Gasteiger partial charge in [0, 0.05) is 26.4 Å². The van der Waals surface area contributed by atoms with Crippen molar-refractivity contribution in [1.29, 1.82) is 0 Å². The van der Waals surface area contributed by atoms with Crippen molar-refractivity contribution in [3.05, 3.63) is 0 Å². The summed E-state index contributed by atoms with van der Waals surface area (Å²) in [5.41, 5.74) is 0. The Labute approximate surface area is 115 Å². The first kappa shape index (κ1) is 17.5. The molecule has 0 aromatic carbocycles. The zero-order chi connectivity index (χ0) is 12.9. The molecule has 0 rings (SSSR count). The van der Waals surface area contributed by atoms with Crippen molar-refractivity contribution < 1.29 is 14.2 Å². The number of ether oxygens (including phenoxy) is 3. The van der Waals surface area contributed by atoms with Crippen molar-refractivity contribution in [1.82, 2.24) is 0 Å². The fourth-order valence-corrected chi connectivity index (χ4v) is 1.56. The van der Waals surface area contributed by atoms with Gasteiger partial charge < -0.3 is 14.2 Å². The van der Waals surface area contributed by atoms with Crippen molar-refractivity contribution in [3.8, 4) is 0 Å². The highest BCUT2D eigenvalue weighted by molar-refractivity contribution is 6.21. The topological polar surface area (TPSA) is 27.7 Å². The van der Waals surface area contributed by atoms with E-state index in [9.17, 15) is 0 Å². The Morgan fingerprint density at radius 2 is 1.18 bits per heavy atom. The molecule has 0 saturated carbocycles. The van der Waals surface area contributed by atoms with E-state index >= 15 is 0 Å². The van der Waals surface area contributed by atoms with E-state index in [4.69, 9.17) is 37.4 Å². The first-order chi connectivity index (χ1) is 8.20. The Kier molecular flexibility index (Phi) is 13.3. The summed E-state index contributed by atoms with van der Waals surface area (Å²) >= 11 is 12.1. The monoisotopic (exact) mass is 286 g/mol. The molecule has 0 aromatic rings. The SMILES string of the molecule is CCOCCC(Cl)COCC(Cl)CCOCC. The molecule has 17 heavy (non-hydrogen) atoms. The molecule has 3 nitrogen and oxygen atoms in total. The second-order valence-corrected chi connectivity index (χ2v) is 4.94. The first-order valence-electron chi connectivity index (χ1n) is 6.22. The van der Waals surface area contributed by atoms with Crippen LogP contribution in [0.5, 0.6) is 0 Å². The lowest BCUT2D eigenvalue weighted by Crippen LogP contribution is -2.18. The predicted molar refractivity (Wildman–Crippen MR) is 72.3 cm³/mol. The zero-order valence-corrected chi connectivity index (χ0v) is 12.3. The molecule has 0 saturated heterocycles. The highest BCUT2D eigenvalue weighted by Crippen LogP contribution is 2.07. The van der Waals surface area contributed by atoms with E-state index < -0.39 is 0 Å². The van der Waals surface area contributed by atoms with Crippen molar-refractivity contribution in [2.45, 2.75) is 37.4 Å². The maximum atomic E-state index is 6.05. The molecule has 0 N–H and O–H groups in total. The molecule has 0 amide bonds. The predicted octanol–water partition coefficient (Wildman–Crippen LogP) is 3.07. The van der Waals surface area contributed by atoms with E-state index in [0.717, 1.165) is 26.1 Å².